The summed E-state index contributed by atoms with van der Waals surface area (Å²) in [6.07, 6.45) is 0.218. The summed E-state index contributed by atoms with van der Waals surface area (Å²) < 4.78 is 5.47. The molecule has 0 unspecified atom stereocenters. The molecule has 0 saturated carbocycles. The second-order valence-electron chi connectivity index (χ2n) is 7.70. The highest BCUT2D eigenvalue weighted by Gasteiger charge is 2.26. The Bertz CT molecular complexity index is 1000. The molecule has 3 aromatic carbocycles. The topological polar surface area (TPSA) is 55.4 Å². The third-order valence-corrected chi connectivity index (χ3v) is 4.93. The van der Waals surface area contributed by atoms with Gasteiger partial charge in [0, 0.05) is 0 Å². The minimum atomic E-state index is -0.678. The van der Waals surface area contributed by atoms with Gasteiger partial charge in [0.25, 0.3) is 0 Å². The van der Waals surface area contributed by atoms with Crippen molar-refractivity contribution in [2.45, 2.75) is 39.8 Å². The summed E-state index contributed by atoms with van der Waals surface area (Å²) in [6, 6.07) is 21.0. The van der Waals surface area contributed by atoms with Crippen molar-refractivity contribution >= 4 is 22.6 Å². The molecule has 0 aliphatic heterocycles. The molecule has 0 radical (unpaired) electrons. The summed E-state index contributed by atoms with van der Waals surface area (Å²) in [5, 5.41) is 5.01. The van der Waals surface area contributed by atoms with E-state index < -0.39 is 12.0 Å². The van der Waals surface area contributed by atoms with Crippen LogP contribution in [0.25, 0.3) is 10.8 Å². The van der Waals surface area contributed by atoms with Crippen LogP contribution in [0.2, 0.25) is 0 Å². The largest absolute Gasteiger partial charge is 0.459 e. The summed E-state index contributed by atoms with van der Waals surface area (Å²) in [5.74, 6) is -0.670. The van der Waals surface area contributed by atoms with Gasteiger partial charge in [-0.05, 0) is 34.7 Å². The molecule has 0 fully saturated rings. The molecule has 4 nitrogen and oxygen atoms in total. The van der Waals surface area contributed by atoms with E-state index in [0.29, 0.717) is 0 Å². The van der Waals surface area contributed by atoms with Gasteiger partial charge in [-0.15, -0.1) is 0 Å². The molecule has 0 aromatic heterocycles. The third kappa shape index (κ3) is 5.44. The molecule has 1 amide bonds. The van der Waals surface area contributed by atoms with Crippen molar-refractivity contribution < 1.29 is 14.3 Å². The number of carbonyl (C=O) groups excluding carboxylic acids is 2. The third-order valence-electron chi connectivity index (χ3n) is 4.93. The zero-order valence-electron chi connectivity index (χ0n) is 17.1. The van der Waals surface area contributed by atoms with Gasteiger partial charge in [-0.2, -0.15) is 0 Å². The number of fused-ring (bicyclic) bond motifs is 1. The van der Waals surface area contributed by atoms with E-state index in [4.69, 9.17) is 4.74 Å². The lowest BCUT2D eigenvalue weighted by molar-refractivity contribution is -0.150. The summed E-state index contributed by atoms with van der Waals surface area (Å²) in [5.41, 5.74) is 2.99. The maximum atomic E-state index is 12.7. The SMILES string of the molecule is Cc1cccc(COC(=O)[C@@H](NC(=O)Cc2cccc3ccccc23)C(C)C)c1. The number of aryl methyl sites for hydroxylation is 1. The van der Waals surface area contributed by atoms with Gasteiger partial charge in [-0.1, -0.05) is 86.1 Å². The molecule has 3 aromatic rings. The van der Waals surface area contributed by atoms with Crippen LogP contribution in [-0.4, -0.2) is 17.9 Å². The van der Waals surface area contributed by atoms with E-state index >= 15 is 0 Å². The molecule has 150 valence electrons. The first-order chi connectivity index (χ1) is 13.9. The molecule has 0 saturated heterocycles. The molecular weight excluding hydrogens is 362 g/mol. The Kier molecular flexibility index (Phi) is 6.65. The normalized spacial score (nSPS) is 12.0. The van der Waals surface area contributed by atoms with E-state index in [1.807, 2.05) is 87.5 Å². The summed E-state index contributed by atoms with van der Waals surface area (Å²) in [6.45, 7) is 5.99. The second-order valence-corrected chi connectivity index (χ2v) is 7.70. The van der Waals surface area contributed by atoms with E-state index in [-0.39, 0.29) is 24.9 Å². The smallest absolute Gasteiger partial charge is 0.329 e. The van der Waals surface area contributed by atoms with Crippen molar-refractivity contribution in [2.24, 2.45) is 5.92 Å². The van der Waals surface area contributed by atoms with Crippen LogP contribution in [0, 0.1) is 12.8 Å². The zero-order valence-corrected chi connectivity index (χ0v) is 17.1. The Balaban J connectivity index is 1.64. The summed E-state index contributed by atoms with van der Waals surface area (Å²) in [4.78, 5) is 25.3. The van der Waals surface area contributed by atoms with Crippen molar-refractivity contribution in [1.29, 1.82) is 0 Å². The Hall–Kier alpha value is -3.14. The first-order valence-electron chi connectivity index (χ1n) is 9.92. The molecule has 0 aliphatic carbocycles. The van der Waals surface area contributed by atoms with Gasteiger partial charge >= 0.3 is 5.97 Å². The maximum absolute atomic E-state index is 12.7. The molecule has 1 atom stereocenters. The number of rotatable bonds is 7. The minimum Gasteiger partial charge on any atom is -0.459 e. The fourth-order valence-electron chi connectivity index (χ4n) is 3.39. The molecule has 3 rings (SSSR count). The van der Waals surface area contributed by atoms with E-state index in [9.17, 15) is 9.59 Å². The van der Waals surface area contributed by atoms with Gasteiger partial charge in [-0.25, -0.2) is 4.79 Å². The number of carbonyl (C=O) groups is 2. The Morgan fingerprint density at radius 1 is 0.966 bits per heavy atom. The van der Waals surface area contributed by atoms with E-state index in [0.717, 1.165) is 27.5 Å². The number of benzene rings is 3. The highest BCUT2D eigenvalue weighted by molar-refractivity contribution is 5.91. The Morgan fingerprint density at radius 2 is 1.69 bits per heavy atom. The minimum absolute atomic E-state index is 0.0727. The summed E-state index contributed by atoms with van der Waals surface area (Å²) >= 11 is 0. The molecule has 1 N–H and O–H groups in total. The molecule has 4 heteroatoms. The molecule has 0 bridgehead atoms. The molecular formula is C25H27NO3. The number of ether oxygens (including phenoxy) is 1. The van der Waals surface area contributed by atoms with Crippen molar-refractivity contribution in [1.82, 2.24) is 5.32 Å². The monoisotopic (exact) mass is 389 g/mol. The average molecular weight is 389 g/mol. The quantitative estimate of drug-likeness (QED) is 0.602. The lowest BCUT2D eigenvalue weighted by Crippen LogP contribution is -2.45. The van der Waals surface area contributed by atoms with Crippen molar-refractivity contribution in [3.05, 3.63) is 83.4 Å². The summed E-state index contributed by atoms with van der Waals surface area (Å²) in [7, 11) is 0. The molecule has 0 heterocycles. The first-order valence-corrected chi connectivity index (χ1v) is 9.92. The van der Waals surface area contributed by atoms with Gasteiger partial charge in [0.05, 0.1) is 6.42 Å². The van der Waals surface area contributed by atoms with Crippen LogP contribution >= 0.6 is 0 Å². The predicted octanol–water partition coefficient (Wildman–Crippen LogP) is 4.57. The number of esters is 1. The van der Waals surface area contributed by atoms with Crippen molar-refractivity contribution in [3.8, 4) is 0 Å². The lowest BCUT2D eigenvalue weighted by atomic mass is 10.0. The fourth-order valence-corrected chi connectivity index (χ4v) is 3.39. The Morgan fingerprint density at radius 3 is 2.45 bits per heavy atom. The predicted molar refractivity (Wildman–Crippen MR) is 115 cm³/mol. The standard InChI is InChI=1S/C25H27NO3/c1-17(2)24(25(28)29-16-19-9-6-8-18(3)14-19)26-23(27)15-21-12-7-11-20-10-4-5-13-22(20)21/h4-14,17,24H,15-16H2,1-3H3,(H,26,27)/t24-/m0/s1. The maximum Gasteiger partial charge on any atom is 0.329 e. The van der Waals surface area contributed by atoms with Crippen molar-refractivity contribution in [2.75, 3.05) is 0 Å². The van der Waals surface area contributed by atoms with Crippen LogP contribution in [0.3, 0.4) is 0 Å². The van der Waals surface area contributed by atoms with Gasteiger partial charge in [-0.3, -0.25) is 4.79 Å². The second kappa shape index (κ2) is 9.37. The average Bonchev–Trinajstić information content (AvgIpc) is 2.70. The van der Waals surface area contributed by atoms with E-state index in [1.165, 1.54) is 0 Å². The highest BCUT2D eigenvalue weighted by atomic mass is 16.5. The van der Waals surface area contributed by atoms with Gasteiger partial charge in [0.1, 0.15) is 12.6 Å². The van der Waals surface area contributed by atoms with Gasteiger partial charge in [0.15, 0.2) is 0 Å². The van der Waals surface area contributed by atoms with Gasteiger partial charge < -0.3 is 10.1 Å². The van der Waals surface area contributed by atoms with E-state index in [1.54, 1.807) is 0 Å². The molecule has 0 aliphatic rings. The van der Waals surface area contributed by atoms with Crippen LogP contribution < -0.4 is 5.32 Å². The van der Waals surface area contributed by atoms with Crippen molar-refractivity contribution in [3.63, 3.8) is 0 Å². The Labute approximate surface area is 171 Å². The number of hydrogen-bond acceptors (Lipinski definition) is 3. The van der Waals surface area contributed by atoms with Gasteiger partial charge in [0.2, 0.25) is 5.91 Å². The number of hydrogen-bond donors (Lipinski definition) is 1. The number of nitrogens with one attached hydrogen (secondary N) is 1. The van der Waals surface area contributed by atoms with E-state index in [2.05, 4.69) is 5.32 Å². The van der Waals surface area contributed by atoms with Crippen LogP contribution in [0.15, 0.2) is 66.7 Å². The van der Waals surface area contributed by atoms with Crippen LogP contribution in [0.5, 0.6) is 0 Å². The number of amides is 1. The first kappa shape index (κ1) is 20.6. The zero-order chi connectivity index (χ0) is 20.8. The molecule has 0 spiro atoms. The van der Waals surface area contributed by atoms with Crippen LogP contribution in [-0.2, 0) is 27.4 Å². The van der Waals surface area contributed by atoms with Crippen LogP contribution in [0.4, 0.5) is 0 Å². The van der Waals surface area contributed by atoms with Crippen LogP contribution in [0.1, 0.15) is 30.5 Å². The lowest BCUT2D eigenvalue weighted by Gasteiger charge is -2.21. The highest BCUT2D eigenvalue weighted by Crippen LogP contribution is 2.19. The fraction of sp³-hybridized carbons (Fsp3) is 0.280. The molecule has 29 heavy (non-hydrogen) atoms.